The van der Waals surface area contributed by atoms with Crippen LogP contribution in [0.4, 0.5) is 8.78 Å². The third-order valence-electron chi connectivity index (χ3n) is 3.34. The van der Waals surface area contributed by atoms with Gasteiger partial charge < -0.3 is 5.32 Å². The molecule has 1 N–H and O–H groups in total. The average molecular weight is 354 g/mol. The molecule has 2 aromatic rings. The minimum Gasteiger partial charge on any atom is -0.314 e. The topological polar surface area (TPSA) is 12.0 Å². The van der Waals surface area contributed by atoms with E-state index in [1.807, 2.05) is 13.0 Å². The number of halogens is 3. The quantitative estimate of drug-likeness (QED) is 0.806. The third-order valence-corrected chi connectivity index (χ3v) is 3.83. The first kappa shape index (κ1) is 16.1. The largest absolute Gasteiger partial charge is 0.314 e. The lowest BCUT2D eigenvalue weighted by Crippen LogP contribution is -2.33. The van der Waals surface area contributed by atoms with Gasteiger partial charge in [-0.05, 0) is 60.8 Å². The second-order valence-corrected chi connectivity index (χ2v) is 5.94. The highest BCUT2D eigenvalue weighted by atomic mass is 79.9. The summed E-state index contributed by atoms with van der Waals surface area (Å²) in [6.07, 6.45) is 1.23. The van der Waals surface area contributed by atoms with Gasteiger partial charge in [-0.25, -0.2) is 8.78 Å². The number of hydrogen-bond donors (Lipinski definition) is 1. The smallest absolute Gasteiger partial charge is 0.126 e. The summed E-state index contributed by atoms with van der Waals surface area (Å²) >= 11 is 3.36. The van der Waals surface area contributed by atoms with Gasteiger partial charge in [0.15, 0.2) is 0 Å². The molecule has 0 aliphatic heterocycles. The summed E-state index contributed by atoms with van der Waals surface area (Å²) in [6, 6.07) is 11.6. The van der Waals surface area contributed by atoms with Crippen molar-refractivity contribution in [1.29, 1.82) is 0 Å². The first-order valence-corrected chi connectivity index (χ1v) is 7.79. The van der Waals surface area contributed by atoms with E-state index in [1.165, 1.54) is 18.2 Å². The zero-order chi connectivity index (χ0) is 15.2. The van der Waals surface area contributed by atoms with Crippen molar-refractivity contribution in [3.63, 3.8) is 0 Å². The number of rotatable bonds is 6. The number of benzene rings is 2. The van der Waals surface area contributed by atoms with Crippen LogP contribution in [0.15, 0.2) is 46.9 Å². The molecule has 4 heteroatoms. The molecule has 21 heavy (non-hydrogen) atoms. The molecule has 0 bridgehead atoms. The van der Waals surface area contributed by atoms with Crippen LogP contribution in [0.25, 0.3) is 0 Å². The summed E-state index contributed by atoms with van der Waals surface area (Å²) in [5, 5.41) is 3.34. The third kappa shape index (κ3) is 4.90. The molecule has 0 aromatic heterocycles. The second kappa shape index (κ2) is 7.66. The predicted octanol–water partition coefficient (Wildman–Crippen LogP) is 4.49. The van der Waals surface area contributed by atoms with Gasteiger partial charge in [0.2, 0.25) is 0 Å². The Balaban J connectivity index is 2.13. The molecule has 0 amide bonds. The van der Waals surface area contributed by atoms with Gasteiger partial charge >= 0.3 is 0 Å². The van der Waals surface area contributed by atoms with Gasteiger partial charge in [0.1, 0.15) is 11.6 Å². The summed E-state index contributed by atoms with van der Waals surface area (Å²) in [7, 11) is 0. The van der Waals surface area contributed by atoms with E-state index in [4.69, 9.17) is 0 Å². The monoisotopic (exact) mass is 353 g/mol. The highest BCUT2D eigenvalue weighted by Crippen LogP contribution is 2.18. The Bertz CT molecular complexity index is 601. The summed E-state index contributed by atoms with van der Waals surface area (Å²) < 4.78 is 28.0. The van der Waals surface area contributed by atoms with Crippen LogP contribution in [-0.4, -0.2) is 12.6 Å². The highest BCUT2D eigenvalue weighted by Gasteiger charge is 2.13. The van der Waals surface area contributed by atoms with E-state index in [-0.39, 0.29) is 17.7 Å². The standard InChI is InChI=1S/C17H18BrF2N/c1-2-21-16(9-12-4-3-5-15(19)8-12)11-13-10-14(18)6-7-17(13)20/h3-8,10,16,21H,2,9,11H2,1H3. The van der Waals surface area contributed by atoms with Gasteiger partial charge in [0.05, 0.1) is 0 Å². The Hall–Kier alpha value is -1.26. The molecule has 2 rings (SSSR count). The Labute approximate surface area is 132 Å². The summed E-state index contributed by atoms with van der Waals surface area (Å²) in [5.41, 5.74) is 1.57. The van der Waals surface area contributed by atoms with Crippen LogP contribution < -0.4 is 5.32 Å². The Morgan fingerprint density at radius 2 is 1.90 bits per heavy atom. The van der Waals surface area contributed by atoms with Crippen LogP contribution in [-0.2, 0) is 12.8 Å². The lowest BCUT2D eigenvalue weighted by molar-refractivity contribution is 0.504. The minimum absolute atomic E-state index is 0.0700. The van der Waals surface area contributed by atoms with Crippen molar-refractivity contribution in [3.8, 4) is 0 Å². The van der Waals surface area contributed by atoms with Crippen LogP contribution in [0.5, 0.6) is 0 Å². The van der Waals surface area contributed by atoms with Gasteiger partial charge in [-0.2, -0.15) is 0 Å². The molecule has 2 aromatic carbocycles. The summed E-state index contributed by atoms with van der Waals surface area (Å²) in [4.78, 5) is 0. The molecule has 0 saturated carbocycles. The fraction of sp³-hybridized carbons (Fsp3) is 0.294. The van der Waals surface area contributed by atoms with Gasteiger partial charge in [-0.3, -0.25) is 0 Å². The van der Waals surface area contributed by atoms with Gasteiger partial charge in [-0.15, -0.1) is 0 Å². The van der Waals surface area contributed by atoms with Crippen LogP contribution in [0.2, 0.25) is 0 Å². The van der Waals surface area contributed by atoms with Crippen molar-refractivity contribution in [2.24, 2.45) is 0 Å². The minimum atomic E-state index is -0.239. The van der Waals surface area contributed by atoms with E-state index in [0.717, 1.165) is 16.6 Å². The zero-order valence-electron chi connectivity index (χ0n) is 11.9. The first-order chi connectivity index (χ1) is 10.1. The van der Waals surface area contributed by atoms with Crippen molar-refractivity contribution in [2.75, 3.05) is 6.54 Å². The maximum Gasteiger partial charge on any atom is 0.126 e. The van der Waals surface area contributed by atoms with Gasteiger partial charge in [-0.1, -0.05) is 35.0 Å². The van der Waals surface area contributed by atoms with Crippen molar-refractivity contribution in [3.05, 3.63) is 69.7 Å². The second-order valence-electron chi connectivity index (χ2n) is 5.03. The van der Waals surface area contributed by atoms with E-state index >= 15 is 0 Å². The van der Waals surface area contributed by atoms with Crippen molar-refractivity contribution >= 4 is 15.9 Å². The molecule has 112 valence electrons. The van der Waals surface area contributed by atoms with E-state index < -0.39 is 0 Å². The molecule has 1 unspecified atom stereocenters. The lowest BCUT2D eigenvalue weighted by atomic mass is 9.98. The normalized spacial score (nSPS) is 12.4. The Morgan fingerprint density at radius 3 is 2.62 bits per heavy atom. The van der Waals surface area contributed by atoms with E-state index in [9.17, 15) is 8.78 Å². The average Bonchev–Trinajstić information content (AvgIpc) is 2.43. The molecule has 0 saturated heterocycles. The number of likely N-dealkylation sites (N-methyl/N-ethyl adjacent to an activating group) is 1. The molecule has 1 nitrogen and oxygen atoms in total. The van der Waals surface area contributed by atoms with Crippen LogP contribution in [0.3, 0.4) is 0 Å². The Morgan fingerprint density at radius 1 is 1.10 bits per heavy atom. The van der Waals surface area contributed by atoms with E-state index in [0.29, 0.717) is 18.4 Å². The summed E-state index contributed by atoms with van der Waals surface area (Å²) in [6.45, 7) is 2.80. The number of nitrogens with one attached hydrogen (secondary N) is 1. The maximum absolute atomic E-state index is 13.9. The molecule has 0 radical (unpaired) electrons. The molecular formula is C17H18BrF2N. The van der Waals surface area contributed by atoms with E-state index in [1.54, 1.807) is 18.2 Å². The van der Waals surface area contributed by atoms with Gasteiger partial charge in [0, 0.05) is 10.5 Å². The van der Waals surface area contributed by atoms with Crippen molar-refractivity contribution in [1.82, 2.24) is 5.32 Å². The lowest BCUT2D eigenvalue weighted by Gasteiger charge is -2.18. The molecule has 0 aliphatic carbocycles. The van der Waals surface area contributed by atoms with Crippen LogP contribution >= 0.6 is 15.9 Å². The first-order valence-electron chi connectivity index (χ1n) is 7.00. The number of hydrogen-bond acceptors (Lipinski definition) is 1. The fourth-order valence-electron chi connectivity index (χ4n) is 2.42. The zero-order valence-corrected chi connectivity index (χ0v) is 13.5. The van der Waals surface area contributed by atoms with Crippen molar-refractivity contribution in [2.45, 2.75) is 25.8 Å². The molecule has 0 aliphatic rings. The van der Waals surface area contributed by atoms with Crippen LogP contribution in [0, 0.1) is 11.6 Å². The van der Waals surface area contributed by atoms with Crippen molar-refractivity contribution < 1.29 is 8.78 Å². The SMILES string of the molecule is CCNC(Cc1cccc(F)c1)Cc1cc(Br)ccc1F. The van der Waals surface area contributed by atoms with Crippen LogP contribution in [0.1, 0.15) is 18.1 Å². The maximum atomic E-state index is 13.9. The molecule has 0 spiro atoms. The van der Waals surface area contributed by atoms with Gasteiger partial charge in [0.25, 0.3) is 0 Å². The summed E-state index contributed by atoms with van der Waals surface area (Å²) in [5.74, 6) is -0.447. The predicted molar refractivity (Wildman–Crippen MR) is 85.4 cm³/mol. The highest BCUT2D eigenvalue weighted by molar-refractivity contribution is 9.10. The molecular weight excluding hydrogens is 336 g/mol. The molecule has 0 heterocycles. The molecule has 0 fully saturated rings. The molecule has 1 atom stereocenters. The Kier molecular flexibility index (Phi) is 5.88. The fourth-order valence-corrected chi connectivity index (χ4v) is 2.83. The van der Waals surface area contributed by atoms with E-state index in [2.05, 4.69) is 21.2 Å².